The molecule has 0 atom stereocenters. The van der Waals surface area contributed by atoms with Crippen LogP contribution in [0.4, 0.5) is 0 Å². The second-order valence-electron chi connectivity index (χ2n) is 6.90. The van der Waals surface area contributed by atoms with E-state index >= 15 is 0 Å². The van der Waals surface area contributed by atoms with E-state index in [0.717, 1.165) is 29.5 Å². The molecule has 0 aromatic heterocycles. The fourth-order valence-electron chi connectivity index (χ4n) is 2.83. The van der Waals surface area contributed by atoms with Crippen LogP contribution in [0.15, 0.2) is 53.4 Å². The Kier molecular flexibility index (Phi) is 10.0. The van der Waals surface area contributed by atoms with Crippen LogP contribution in [0.5, 0.6) is 5.75 Å². The van der Waals surface area contributed by atoms with E-state index in [-0.39, 0.29) is 11.1 Å². The fourth-order valence-corrected chi connectivity index (χ4v) is 3.57. The van der Waals surface area contributed by atoms with Crippen molar-refractivity contribution in [3.05, 3.63) is 59.7 Å². The molecule has 0 N–H and O–H groups in total. The van der Waals surface area contributed by atoms with Crippen LogP contribution in [-0.4, -0.2) is 11.1 Å². The third-order valence-corrected chi connectivity index (χ3v) is 5.43. The van der Waals surface area contributed by atoms with Gasteiger partial charge in [0.05, 0.1) is 11.6 Å². The highest BCUT2D eigenvalue weighted by Crippen LogP contribution is 2.24. The molecular formula is C24H27NO3S. The molecule has 0 aliphatic heterocycles. The van der Waals surface area contributed by atoms with Crippen molar-refractivity contribution < 1.29 is 14.3 Å². The molecule has 2 rings (SSSR count). The normalized spacial score (nSPS) is 10.3. The van der Waals surface area contributed by atoms with E-state index < -0.39 is 0 Å². The Morgan fingerprint density at radius 3 is 2.14 bits per heavy atom. The van der Waals surface area contributed by atoms with Crippen LogP contribution in [0, 0.1) is 11.3 Å². The van der Waals surface area contributed by atoms with Gasteiger partial charge in [-0.2, -0.15) is 5.26 Å². The molecule has 0 unspecified atom stereocenters. The van der Waals surface area contributed by atoms with Gasteiger partial charge in [0.25, 0.3) is 0 Å². The lowest BCUT2D eigenvalue weighted by atomic mass is 10.1. The monoisotopic (exact) mass is 409 g/mol. The van der Waals surface area contributed by atoms with Crippen LogP contribution in [0.1, 0.15) is 74.2 Å². The Morgan fingerprint density at radius 1 is 0.897 bits per heavy atom. The molecule has 0 aliphatic rings. The molecule has 4 nitrogen and oxygen atoms in total. The second-order valence-corrected chi connectivity index (χ2v) is 7.94. The van der Waals surface area contributed by atoms with Crippen LogP contribution < -0.4 is 4.74 Å². The highest BCUT2D eigenvalue weighted by Gasteiger charge is 2.10. The van der Waals surface area contributed by atoms with Crippen LogP contribution in [-0.2, 0) is 4.79 Å². The molecule has 0 heterocycles. The number of carbonyl (C=O) groups excluding carboxylic acids is 2. The Morgan fingerprint density at radius 2 is 1.52 bits per heavy atom. The number of esters is 1. The van der Waals surface area contributed by atoms with E-state index in [1.807, 2.05) is 0 Å². The molecule has 0 saturated heterocycles. The molecule has 5 heteroatoms. The highest BCUT2D eigenvalue weighted by molar-refractivity contribution is 8.14. The maximum Gasteiger partial charge on any atom is 0.311 e. The molecule has 0 fully saturated rings. The van der Waals surface area contributed by atoms with Crippen molar-refractivity contribution >= 4 is 22.8 Å². The van der Waals surface area contributed by atoms with Crippen molar-refractivity contribution in [2.45, 2.75) is 63.2 Å². The SMILES string of the molecule is CCCCCCCCCC(=O)Oc1ccc(C(=O)Sc2ccc(C#N)cc2)cc1. The zero-order valence-corrected chi connectivity index (χ0v) is 17.7. The average Bonchev–Trinajstić information content (AvgIpc) is 2.74. The summed E-state index contributed by atoms with van der Waals surface area (Å²) in [5, 5.41) is 8.72. The first-order valence-electron chi connectivity index (χ1n) is 10.2. The molecule has 0 saturated carbocycles. The molecule has 0 spiro atoms. The lowest BCUT2D eigenvalue weighted by molar-refractivity contribution is -0.134. The third kappa shape index (κ3) is 8.53. The molecule has 0 amide bonds. The number of thioether (sulfide) groups is 1. The molecular weight excluding hydrogens is 382 g/mol. The van der Waals surface area contributed by atoms with Crippen molar-refractivity contribution in [3.63, 3.8) is 0 Å². The summed E-state index contributed by atoms with van der Waals surface area (Å²) in [4.78, 5) is 25.1. The number of nitrogens with zero attached hydrogens (tertiary/aromatic N) is 1. The summed E-state index contributed by atoms with van der Waals surface area (Å²) in [5.74, 6) is 0.225. The molecule has 0 radical (unpaired) electrons. The number of nitriles is 1. The Balaban J connectivity index is 1.73. The predicted octanol–water partition coefficient (Wildman–Crippen LogP) is 6.54. The summed E-state index contributed by atoms with van der Waals surface area (Å²) < 4.78 is 5.35. The van der Waals surface area contributed by atoms with Crippen LogP contribution in [0.25, 0.3) is 0 Å². The molecule has 2 aromatic rings. The summed E-state index contributed by atoms with van der Waals surface area (Å²) in [7, 11) is 0. The van der Waals surface area contributed by atoms with Crippen LogP contribution in [0.2, 0.25) is 0 Å². The van der Waals surface area contributed by atoms with Crippen molar-refractivity contribution in [1.29, 1.82) is 5.26 Å². The van der Waals surface area contributed by atoms with Gasteiger partial charge in [0.2, 0.25) is 5.12 Å². The number of hydrogen-bond acceptors (Lipinski definition) is 5. The van der Waals surface area contributed by atoms with Gasteiger partial charge in [-0.25, -0.2) is 0 Å². The first-order chi connectivity index (χ1) is 14.1. The molecule has 0 bridgehead atoms. The van der Waals surface area contributed by atoms with Crippen molar-refractivity contribution in [3.8, 4) is 11.8 Å². The number of unbranched alkanes of at least 4 members (excludes halogenated alkanes) is 6. The summed E-state index contributed by atoms with van der Waals surface area (Å²) in [5.41, 5.74) is 1.09. The summed E-state index contributed by atoms with van der Waals surface area (Å²) >= 11 is 1.10. The summed E-state index contributed by atoms with van der Waals surface area (Å²) in [6.07, 6.45) is 8.53. The van der Waals surface area contributed by atoms with E-state index in [0.29, 0.717) is 23.3 Å². The van der Waals surface area contributed by atoms with Gasteiger partial charge < -0.3 is 4.74 Å². The lowest BCUT2D eigenvalue weighted by Crippen LogP contribution is -2.07. The first-order valence-corrected chi connectivity index (χ1v) is 11.0. The zero-order chi connectivity index (χ0) is 20.9. The minimum Gasteiger partial charge on any atom is -0.427 e. The van der Waals surface area contributed by atoms with Crippen molar-refractivity contribution in [2.75, 3.05) is 0 Å². The maximum atomic E-state index is 12.4. The van der Waals surface area contributed by atoms with E-state index in [9.17, 15) is 9.59 Å². The number of benzene rings is 2. The summed E-state index contributed by atoms with van der Waals surface area (Å²) in [6.45, 7) is 2.20. The van der Waals surface area contributed by atoms with Crippen LogP contribution in [0.3, 0.4) is 0 Å². The van der Waals surface area contributed by atoms with Gasteiger partial charge >= 0.3 is 5.97 Å². The number of carbonyl (C=O) groups is 2. The number of hydrogen-bond donors (Lipinski definition) is 0. The van der Waals surface area contributed by atoms with Gasteiger partial charge in [-0.05, 0) is 66.7 Å². The molecule has 2 aromatic carbocycles. The Labute approximate surface area is 177 Å². The van der Waals surface area contributed by atoms with Gasteiger partial charge in [-0.15, -0.1) is 0 Å². The molecule has 152 valence electrons. The van der Waals surface area contributed by atoms with E-state index in [4.69, 9.17) is 10.00 Å². The van der Waals surface area contributed by atoms with Gasteiger partial charge in [0.15, 0.2) is 0 Å². The third-order valence-electron chi connectivity index (χ3n) is 4.50. The standard InChI is InChI=1S/C24H27NO3S/c1-2-3-4-5-6-7-8-9-23(26)28-21-14-12-20(13-15-21)24(27)29-22-16-10-19(18-25)11-17-22/h10-17H,2-9H2,1H3. The first kappa shape index (κ1) is 22.7. The molecule has 0 aliphatic carbocycles. The van der Waals surface area contributed by atoms with Crippen LogP contribution >= 0.6 is 11.8 Å². The van der Waals surface area contributed by atoms with Gasteiger partial charge in [0, 0.05) is 16.9 Å². The summed E-state index contributed by atoms with van der Waals surface area (Å²) in [6, 6.07) is 15.5. The van der Waals surface area contributed by atoms with Gasteiger partial charge in [-0.3, -0.25) is 9.59 Å². The minimum atomic E-state index is -0.232. The van der Waals surface area contributed by atoms with Crippen molar-refractivity contribution in [1.82, 2.24) is 0 Å². The second kappa shape index (κ2) is 12.8. The Bertz CT molecular complexity index is 823. The average molecular weight is 410 g/mol. The van der Waals surface area contributed by atoms with E-state index in [2.05, 4.69) is 13.0 Å². The topological polar surface area (TPSA) is 67.2 Å². The smallest absolute Gasteiger partial charge is 0.311 e. The lowest BCUT2D eigenvalue weighted by Gasteiger charge is -2.06. The van der Waals surface area contributed by atoms with Gasteiger partial charge in [-0.1, -0.05) is 45.4 Å². The Hall–Kier alpha value is -2.58. The number of rotatable bonds is 11. The maximum absolute atomic E-state index is 12.4. The molecule has 29 heavy (non-hydrogen) atoms. The van der Waals surface area contributed by atoms with Gasteiger partial charge in [0.1, 0.15) is 5.75 Å². The van der Waals surface area contributed by atoms with E-state index in [1.165, 1.54) is 32.1 Å². The predicted molar refractivity (Wildman–Crippen MR) is 116 cm³/mol. The van der Waals surface area contributed by atoms with Crippen molar-refractivity contribution in [2.24, 2.45) is 0 Å². The largest absolute Gasteiger partial charge is 0.427 e. The quantitative estimate of drug-likeness (QED) is 0.182. The highest BCUT2D eigenvalue weighted by atomic mass is 32.2. The fraction of sp³-hybridized carbons (Fsp3) is 0.375. The number of ether oxygens (including phenoxy) is 1. The van der Waals surface area contributed by atoms with E-state index in [1.54, 1.807) is 48.5 Å². The zero-order valence-electron chi connectivity index (χ0n) is 16.9. The minimum absolute atomic E-state index is 0.101.